The first-order valence-corrected chi connectivity index (χ1v) is 6.00. The molecule has 17 heavy (non-hydrogen) atoms. The summed E-state index contributed by atoms with van der Waals surface area (Å²) in [5, 5.41) is 0.532. The van der Waals surface area contributed by atoms with Gasteiger partial charge in [-0.05, 0) is 34.1 Å². The predicted octanol–water partition coefficient (Wildman–Crippen LogP) is 4.22. The highest BCUT2D eigenvalue weighted by Gasteiger charge is 2.03. The normalized spacial score (nSPS) is 10.3. The molecule has 0 saturated heterocycles. The van der Waals surface area contributed by atoms with E-state index in [1.54, 1.807) is 30.6 Å². The summed E-state index contributed by atoms with van der Waals surface area (Å²) in [5.41, 5.74) is 0.810. The summed E-state index contributed by atoms with van der Waals surface area (Å²) in [6.45, 7) is 0.280. The number of nitrogens with zero attached hydrogens (tertiary/aromatic N) is 1. The number of pyridine rings is 1. The van der Waals surface area contributed by atoms with Crippen molar-refractivity contribution in [3.63, 3.8) is 0 Å². The Bertz CT molecular complexity index is 536. The van der Waals surface area contributed by atoms with Crippen LogP contribution in [0.3, 0.4) is 0 Å². The van der Waals surface area contributed by atoms with E-state index in [4.69, 9.17) is 16.3 Å². The quantitative estimate of drug-likeness (QED) is 0.846. The third kappa shape index (κ3) is 3.17. The van der Waals surface area contributed by atoms with Gasteiger partial charge in [-0.3, -0.25) is 4.98 Å². The van der Waals surface area contributed by atoms with Gasteiger partial charge in [-0.25, -0.2) is 4.39 Å². The van der Waals surface area contributed by atoms with Crippen LogP contribution >= 0.6 is 27.5 Å². The van der Waals surface area contributed by atoms with E-state index in [1.165, 1.54) is 6.07 Å². The van der Waals surface area contributed by atoms with E-state index in [2.05, 4.69) is 20.9 Å². The second kappa shape index (κ2) is 5.47. The molecule has 2 nitrogen and oxygen atoms in total. The van der Waals surface area contributed by atoms with Crippen molar-refractivity contribution in [1.29, 1.82) is 0 Å². The van der Waals surface area contributed by atoms with Gasteiger partial charge in [-0.2, -0.15) is 0 Å². The molecule has 1 aromatic carbocycles. The molecule has 0 bridgehead atoms. The van der Waals surface area contributed by atoms with Gasteiger partial charge < -0.3 is 4.74 Å². The molecule has 0 radical (unpaired) electrons. The molecule has 2 aromatic rings. The first-order valence-electron chi connectivity index (χ1n) is 4.83. The van der Waals surface area contributed by atoms with Crippen molar-refractivity contribution in [1.82, 2.24) is 4.98 Å². The van der Waals surface area contributed by atoms with E-state index in [0.29, 0.717) is 15.2 Å². The SMILES string of the molecule is Fc1cc(OCc2ccncc2Cl)ccc1Br. The Morgan fingerprint density at radius 3 is 2.88 bits per heavy atom. The molecule has 0 saturated carbocycles. The summed E-state index contributed by atoms with van der Waals surface area (Å²) < 4.78 is 19.1. The highest BCUT2D eigenvalue weighted by atomic mass is 79.9. The van der Waals surface area contributed by atoms with Crippen LogP contribution in [-0.2, 0) is 6.61 Å². The van der Waals surface area contributed by atoms with Gasteiger partial charge in [0.05, 0.1) is 9.50 Å². The molecule has 0 fully saturated rings. The Labute approximate surface area is 112 Å². The molecule has 1 aromatic heterocycles. The number of halogens is 3. The molecule has 0 spiro atoms. The van der Waals surface area contributed by atoms with Gasteiger partial charge in [0, 0.05) is 24.0 Å². The van der Waals surface area contributed by atoms with Gasteiger partial charge >= 0.3 is 0 Å². The highest BCUT2D eigenvalue weighted by molar-refractivity contribution is 9.10. The summed E-state index contributed by atoms with van der Waals surface area (Å²) in [6.07, 6.45) is 3.18. The van der Waals surface area contributed by atoms with Crippen molar-refractivity contribution in [3.05, 3.63) is 57.5 Å². The standard InChI is InChI=1S/C12H8BrClFNO/c13-10-2-1-9(5-12(10)15)17-7-8-3-4-16-6-11(8)14/h1-6H,7H2. The minimum Gasteiger partial charge on any atom is -0.489 e. The monoisotopic (exact) mass is 315 g/mol. The van der Waals surface area contributed by atoms with Gasteiger partial charge in [0.25, 0.3) is 0 Å². The number of aromatic nitrogens is 1. The third-order valence-electron chi connectivity index (χ3n) is 2.14. The van der Waals surface area contributed by atoms with Crippen LogP contribution in [0.1, 0.15) is 5.56 Å². The number of ether oxygens (including phenoxy) is 1. The molecule has 88 valence electrons. The van der Waals surface area contributed by atoms with Gasteiger partial charge in [0.15, 0.2) is 0 Å². The topological polar surface area (TPSA) is 22.1 Å². The van der Waals surface area contributed by atoms with Crippen molar-refractivity contribution >= 4 is 27.5 Å². The smallest absolute Gasteiger partial charge is 0.141 e. The minimum atomic E-state index is -0.358. The van der Waals surface area contributed by atoms with Crippen LogP contribution in [0.4, 0.5) is 4.39 Å². The molecule has 2 rings (SSSR count). The lowest BCUT2D eigenvalue weighted by molar-refractivity contribution is 0.304. The van der Waals surface area contributed by atoms with E-state index >= 15 is 0 Å². The first-order chi connectivity index (χ1) is 8.16. The van der Waals surface area contributed by atoms with E-state index in [-0.39, 0.29) is 12.4 Å². The average Bonchev–Trinajstić information content (AvgIpc) is 2.32. The lowest BCUT2D eigenvalue weighted by atomic mass is 10.3. The van der Waals surface area contributed by atoms with Gasteiger partial charge in [0.1, 0.15) is 18.2 Å². The van der Waals surface area contributed by atoms with Crippen molar-refractivity contribution in [2.75, 3.05) is 0 Å². The molecule has 0 N–H and O–H groups in total. The maximum absolute atomic E-state index is 13.2. The molecule has 5 heteroatoms. The summed E-state index contributed by atoms with van der Waals surface area (Å²) in [7, 11) is 0. The molecule has 0 aliphatic heterocycles. The van der Waals surface area contributed by atoms with E-state index in [0.717, 1.165) is 5.56 Å². The number of hydrogen-bond donors (Lipinski definition) is 0. The molecular formula is C12H8BrClFNO. The first kappa shape index (κ1) is 12.3. The van der Waals surface area contributed by atoms with Gasteiger partial charge in [-0.15, -0.1) is 0 Å². The molecule has 0 aliphatic carbocycles. The second-order valence-electron chi connectivity index (χ2n) is 3.33. The number of hydrogen-bond acceptors (Lipinski definition) is 2. The minimum absolute atomic E-state index is 0.280. The lowest BCUT2D eigenvalue weighted by Gasteiger charge is -2.07. The van der Waals surface area contributed by atoms with E-state index in [9.17, 15) is 4.39 Å². The summed E-state index contributed by atoms with van der Waals surface area (Å²) in [6, 6.07) is 6.36. The largest absolute Gasteiger partial charge is 0.489 e. The Hall–Kier alpha value is -1.13. The van der Waals surface area contributed by atoms with Crippen LogP contribution < -0.4 is 4.74 Å². The lowest BCUT2D eigenvalue weighted by Crippen LogP contribution is -1.97. The molecule has 0 atom stereocenters. The molecule has 1 heterocycles. The fourth-order valence-corrected chi connectivity index (χ4v) is 1.67. The molecule has 0 aliphatic rings. The van der Waals surface area contributed by atoms with Crippen LogP contribution in [0.25, 0.3) is 0 Å². The maximum atomic E-state index is 13.2. The Morgan fingerprint density at radius 1 is 1.35 bits per heavy atom. The van der Waals surface area contributed by atoms with Gasteiger partial charge in [-0.1, -0.05) is 11.6 Å². The molecular weight excluding hydrogens is 308 g/mol. The molecule has 0 unspecified atom stereocenters. The summed E-state index contributed by atoms with van der Waals surface area (Å²) in [5.74, 6) is 0.0990. The maximum Gasteiger partial charge on any atom is 0.141 e. The van der Waals surface area contributed by atoms with Crippen molar-refractivity contribution in [3.8, 4) is 5.75 Å². The second-order valence-corrected chi connectivity index (χ2v) is 4.59. The average molecular weight is 317 g/mol. The highest BCUT2D eigenvalue weighted by Crippen LogP contribution is 2.22. The fourth-order valence-electron chi connectivity index (χ4n) is 1.25. The van der Waals surface area contributed by atoms with Crippen LogP contribution in [-0.4, -0.2) is 4.98 Å². The zero-order valence-corrected chi connectivity index (χ0v) is 11.0. The van der Waals surface area contributed by atoms with Crippen LogP contribution in [0.2, 0.25) is 5.02 Å². The Morgan fingerprint density at radius 2 is 2.18 bits per heavy atom. The van der Waals surface area contributed by atoms with Crippen molar-refractivity contribution in [2.45, 2.75) is 6.61 Å². The third-order valence-corrected chi connectivity index (χ3v) is 3.13. The van der Waals surface area contributed by atoms with Crippen LogP contribution in [0, 0.1) is 5.82 Å². The number of benzene rings is 1. The zero-order chi connectivity index (χ0) is 12.3. The fraction of sp³-hybridized carbons (Fsp3) is 0.0833. The summed E-state index contributed by atoms with van der Waals surface area (Å²) >= 11 is 9.00. The number of rotatable bonds is 3. The van der Waals surface area contributed by atoms with Crippen LogP contribution in [0.15, 0.2) is 41.1 Å². The summed E-state index contributed by atoms with van der Waals surface area (Å²) in [4.78, 5) is 3.87. The Kier molecular flexibility index (Phi) is 3.97. The Balaban J connectivity index is 2.08. The van der Waals surface area contributed by atoms with E-state index in [1.807, 2.05) is 0 Å². The van der Waals surface area contributed by atoms with Crippen molar-refractivity contribution < 1.29 is 9.13 Å². The van der Waals surface area contributed by atoms with Crippen molar-refractivity contribution in [2.24, 2.45) is 0 Å². The zero-order valence-electron chi connectivity index (χ0n) is 8.66. The predicted molar refractivity (Wildman–Crippen MR) is 67.7 cm³/mol. The van der Waals surface area contributed by atoms with E-state index < -0.39 is 0 Å². The molecule has 0 amide bonds. The van der Waals surface area contributed by atoms with Crippen LogP contribution in [0.5, 0.6) is 5.75 Å². The van der Waals surface area contributed by atoms with Gasteiger partial charge in [0.2, 0.25) is 0 Å².